The lowest BCUT2D eigenvalue weighted by Gasteiger charge is -2.30. The van der Waals surface area contributed by atoms with E-state index in [1.54, 1.807) is 58.9 Å². The molecular weight excluding hydrogens is 819 g/mol. The molecule has 62 heavy (non-hydrogen) atoms. The summed E-state index contributed by atoms with van der Waals surface area (Å²) < 4.78 is 42.3. The molecule has 0 aliphatic heterocycles. The van der Waals surface area contributed by atoms with Crippen LogP contribution in [-0.4, -0.2) is 75.9 Å². The number of aromatic nitrogens is 4. The largest absolute Gasteiger partial charge is 0.595 e. The monoisotopic (exact) mass is 872 g/mol. The predicted molar refractivity (Wildman–Crippen MR) is 236 cm³/mol. The van der Waals surface area contributed by atoms with Gasteiger partial charge in [0.2, 0.25) is 15.9 Å². The van der Waals surface area contributed by atoms with Gasteiger partial charge in [0, 0.05) is 17.7 Å². The molecule has 0 fully saturated rings. The van der Waals surface area contributed by atoms with Crippen LogP contribution >= 0.6 is 0 Å². The molecule has 2 aromatic heterocycles. The second kappa shape index (κ2) is 20.9. The third-order valence-corrected chi connectivity index (χ3v) is 9.08. The second-order valence-corrected chi connectivity index (χ2v) is 17.4. The standard InChI is InChI=1S/C21H27N5O4S.C21H24N4O5.CH4/c1-21(2,22)20(27)25-18(13-30-12-14-7-5-4-6-8-14)19-23-16-10-9-15(11-17(16)24-19)26-31(3,28)29;1-21(2,3)30-20(26)24-18(13-29-12-14-7-5-4-6-8-14)19-22-16-10-9-15(25(27)28)11-17(16)23-19;/h4-11,18,26H,12-13,22H2,1-3H3,(H,23,24)(H,25,27);4-11,18H,12-13H2,1-3H3,(H,22,23)(H,24,26);1H4/p-1/t18-;;/m1../s1. The molecule has 19 heteroatoms. The number of hydrogen-bond donors (Lipinski definition) is 5. The summed E-state index contributed by atoms with van der Waals surface area (Å²) in [5.41, 5.74) is 8.77. The highest BCUT2D eigenvalue weighted by Gasteiger charge is 2.27. The maximum Gasteiger partial charge on any atom is 0.271 e. The highest BCUT2D eigenvalue weighted by Crippen LogP contribution is 2.25. The van der Waals surface area contributed by atoms with Gasteiger partial charge in [0.1, 0.15) is 29.8 Å². The van der Waals surface area contributed by atoms with E-state index in [2.05, 4.69) is 35.0 Å². The summed E-state index contributed by atoms with van der Waals surface area (Å²) in [6, 6.07) is 27.2. The van der Waals surface area contributed by atoms with Crippen molar-refractivity contribution in [1.29, 1.82) is 0 Å². The molecule has 0 saturated heterocycles. The molecule has 1 unspecified atom stereocenters. The van der Waals surface area contributed by atoms with Gasteiger partial charge < -0.3 is 40.3 Å². The number of nitrogens with zero attached hydrogens (tertiary/aromatic N) is 4. The Bertz CT molecular complexity index is 2550. The minimum Gasteiger partial charge on any atom is -0.595 e. The van der Waals surface area contributed by atoms with Gasteiger partial charge in [-0.15, -0.1) is 0 Å². The number of imidazole rings is 2. The van der Waals surface area contributed by atoms with E-state index in [1.807, 2.05) is 60.7 Å². The number of ether oxygens (including phenoxy) is 3. The number of aliphatic imine (C=N–C) groups is 1. The zero-order valence-corrected chi connectivity index (χ0v) is 35.5. The smallest absolute Gasteiger partial charge is 0.271 e. The molecule has 18 nitrogen and oxygen atoms in total. The van der Waals surface area contributed by atoms with E-state index in [1.165, 1.54) is 12.1 Å². The third kappa shape index (κ3) is 14.9. The van der Waals surface area contributed by atoms with Crippen molar-refractivity contribution in [3.63, 3.8) is 0 Å². The molecule has 6 rings (SSSR count). The SMILES string of the molecule is C.CC(C)(C)OC([O-])=NC(COCc1ccccc1)c1nc2ccc([N+](=O)[O-])cc2[nH]1.CC(C)(N)C(=O)N[C@H](COCc1ccccc1)c1nc2ccc(NS(C)(=O)=O)cc2[nH]1. The number of hydrogen-bond acceptors (Lipinski definition) is 13. The van der Waals surface area contributed by atoms with Gasteiger partial charge in [-0.2, -0.15) is 0 Å². The average molecular weight is 873 g/mol. The molecule has 4 aromatic carbocycles. The number of fused-ring (bicyclic) bond motifs is 2. The number of nitrogens with two attached hydrogens (primary N) is 1. The zero-order chi connectivity index (χ0) is 44.4. The van der Waals surface area contributed by atoms with E-state index in [-0.39, 0.29) is 32.2 Å². The van der Waals surface area contributed by atoms with Crippen molar-refractivity contribution in [2.45, 2.75) is 78.5 Å². The summed E-state index contributed by atoms with van der Waals surface area (Å²) in [6.07, 6.45) is 0.349. The molecule has 0 spiro atoms. The van der Waals surface area contributed by atoms with Crippen LogP contribution in [0.25, 0.3) is 22.1 Å². The first-order valence-electron chi connectivity index (χ1n) is 19.1. The molecule has 0 radical (unpaired) electrons. The predicted octanol–water partition coefficient (Wildman–Crippen LogP) is 5.94. The number of nitro groups is 1. The number of anilines is 1. The van der Waals surface area contributed by atoms with Crippen LogP contribution in [0, 0.1) is 10.1 Å². The highest BCUT2D eigenvalue weighted by atomic mass is 32.2. The molecular formula is C43H54N9O9S-. The van der Waals surface area contributed by atoms with E-state index >= 15 is 0 Å². The summed E-state index contributed by atoms with van der Waals surface area (Å²) in [7, 11) is -3.40. The van der Waals surface area contributed by atoms with Gasteiger partial charge >= 0.3 is 0 Å². The van der Waals surface area contributed by atoms with Gasteiger partial charge in [-0.05, 0) is 49.2 Å². The van der Waals surface area contributed by atoms with Gasteiger partial charge in [0.25, 0.3) is 5.69 Å². The molecule has 2 heterocycles. The Kier molecular flexibility index (Phi) is 16.3. The van der Waals surface area contributed by atoms with E-state index in [4.69, 9.17) is 19.9 Å². The lowest BCUT2D eigenvalue weighted by molar-refractivity contribution is -0.384. The minimum atomic E-state index is -3.40. The number of amides is 1. The van der Waals surface area contributed by atoms with Crippen LogP contribution in [0.5, 0.6) is 0 Å². The van der Waals surface area contributed by atoms with Crippen molar-refractivity contribution in [2.24, 2.45) is 10.7 Å². The quantitative estimate of drug-likeness (QED) is 0.0327. The summed E-state index contributed by atoms with van der Waals surface area (Å²) in [5, 5.41) is 26.1. The van der Waals surface area contributed by atoms with Crippen molar-refractivity contribution < 1.29 is 37.5 Å². The van der Waals surface area contributed by atoms with Gasteiger partial charge in [0.15, 0.2) is 0 Å². The van der Waals surface area contributed by atoms with Crippen molar-refractivity contribution in [1.82, 2.24) is 25.3 Å². The van der Waals surface area contributed by atoms with Crippen LogP contribution in [0.3, 0.4) is 0 Å². The fourth-order valence-electron chi connectivity index (χ4n) is 5.62. The fourth-order valence-corrected chi connectivity index (χ4v) is 6.17. The van der Waals surface area contributed by atoms with E-state index in [0.29, 0.717) is 52.6 Å². The number of nitrogens with one attached hydrogen (secondary N) is 4. The van der Waals surface area contributed by atoms with Gasteiger partial charge in [-0.3, -0.25) is 24.6 Å². The van der Waals surface area contributed by atoms with Crippen LogP contribution in [0.4, 0.5) is 11.4 Å². The molecule has 2 atom stereocenters. The van der Waals surface area contributed by atoms with Crippen molar-refractivity contribution in [3.8, 4) is 0 Å². The first-order valence-corrected chi connectivity index (χ1v) is 21.0. The van der Waals surface area contributed by atoms with Crippen LogP contribution in [0.2, 0.25) is 0 Å². The fraction of sp³-hybridized carbons (Fsp3) is 0.349. The van der Waals surface area contributed by atoms with Crippen LogP contribution < -0.4 is 20.9 Å². The van der Waals surface area contributed by atoms with E-state index in [0.717, 1.165) is 17.4 Å². The summed E-state index contributed by atoms with van der Waals surface area (Å²) in [4.78, 5) is 42.3. The van der Waals surface area contributed by atoms with E-state index < -0.39 is 44.3 Å². The maximum atomic E-state index is 12.5. The molecule has 1 amide bonds. The molecule has 0 aliphatic carbocycles. The summed E-state index contributed by atoms with van der Waals surface area (Å²) in [6.45, 7) is 9.46. The molecule has 6 N–H and O–H groups in total. The van der Waals surface area contributed by atoms with Gasteiger partial charge in [-0.25, -0.2) is 18.4 Å². The number of nitro benzene ring substituents is 1. The lowest BCUT2D eigenvalue weighted by Crippen LogP contribution is -2.50. The van der Waals surface area contributed by atoms with Crippen molar-refractivity contribution >= 4 is 55.5 Å². The third-order valence-electron chi connectivity index (χ3n) is 8.47. The number of rotatable bonds is 16. The number of carbonyl (C=O) groups is 1. The van der Waals surface area contributed by atoms with Crippen molar-refractivity contribution in [3.05, 3.63) is 130 Å². The normalized spacial score (nSPS) is 13.0. The summed E-state index contributed by atoms with van der Waals surface area (Å²) >= 11 is 0. The number of aromatic amines is 2. The number of carbonyl (C=O) groups excluding carboxylic acids is 1. The highest BCUT2D eigenvalue weighted by molar-refractivity contribution is 7.92. The Labute approximate surface area is 360 Å². The van der Waals surface area contributed by atoms with Crippen LogP contribution in [0.15, 0.2) is 102 Å². The molecule has 0 bridgehead atoms. The Morgan fingerprint density at radius 3 is 1.92 bits per heavy atom. The van der Waals surface area contributed by atoms with Gasteiger partial charge in [-0.1, -0.05) is 88.9 Å². The average Bonchev–Trinajstić information content (AvgIpc) is 3.80. The molecule has 6 aromatic rings. The second-order valence-electron chi connectivity index (χ2n) is 15.7. The first kappa shape index (κ1) is 48.3. The van der Waals surface area contributed by atoms with E-state index in [9.17, 15) is 28.4 Å². The molecule has 332 valence electrons. The van der Waals surface area contributed by atoms with Crippen LogP contribution in [0.1, 0.15) is 76.9 Å². The zero-order valence-electron chi connectivity index (χ0n) is 34.7. The number of benzene rings is 4. The number of sulfonamides is 1. The Morgan fingerprint density at radius 1 is 0.839 bits per heavy atom. The Morgan fingerprint density at radius 2 is 1.37 bits per heavy atom. The molecule has 0 aliphatic rings. The molecule has 0 saturated carbocycles. The minimum absolute atomic E-state index is 0. The first-order chi connectivity index (χ1) is 28.7. The van der Waals surface area contributed by atoms with Crippen molar-refractivity contribution in [2.75, 3.05) is 24.2 Å². The number of non-ortho nitro benzene ring substituents is 1. The lowest BCUT2D eigenvalue weighted by atomic mass is 10.1. The number of H-pyrrole nitrogens is 2. The Balaban J connectivity index is 0.000000268. The van der Waals surface area contributed by atoms with Gasteiger partial charge in [0.05, 0.1) is 70.9 Å². The topological polar surface area (TPSA) is 265 Å². The Hall–Kier alpha value is -6.41. The summed E-state index contributed by atoms with van der Waals surface area (Å²) in [5.74, 6) is 0.502. The maximum absolute atomic E-state index is 12.5. The van der Waals surface area contributed by atoms with Crippen LogP contribution in [-0.2, 0) is 42.2 Å².